The lowest BCUT2D eigenvalue weighted by Gasteiger charge is -2.33. The van der Waals surface area contributed by atoms with Gasteiger partial charge in [-0.25, -0.2) is 4.98 Å². The van der Waals surface area contributed by atoms with Crippen molar-refractivity contribution in [2.45, 2.75) is 69.8 Å². The molecule has 0 spiro atoms. The number of nitrogens with two attached hydrogens (primary N) is 1. The second-order valence-electron chi connectivity index (χ2n) is 13.5. The van der Waals surface area contributed by atoms with Gasteiger partial charge in [-0.15, -0.1) is 0 Å². The van der Waals surface area contributed by atoms with Gasteiger partial charge in [-0.3, -0.25) is 29.3 Å². The molecule has 2 saturated heterocycles. The van der Waals surface area contributed by atoms with Crippen LogP contribution in [0.5, 0.6) is 0 Å². The Kier molecular flexibility index (Phi) is 9.28. The van der Waals surface area contributed by atoms with Crippen LogP contribution in [0.25, 0.3) is 16.6 Å². The van der Waals surface area contributed by atoms with Crippen LogP contribution in [0.2, 0.25) is 0 Å². The van der Waals surface area contributed by atoms with Gasteiger partial charge < -0.3 is 31.7 Å². The second kappa shape index (κ2) is 13.9. The molecule has 2 aromatic carbocycles. The maximum absolute atomic E-state index is 13.1. The number of rotatable bonds is 10. The van der Waals surface area contributed by atoms with Crippen LogP contribution in [0.15, 0.2) is 53.8 Å². The van der Waals surface area contributed by atoms with Crippen molar-refractivity contribution in [1.29, 1.82) is 0 Å². The predicted octanol–water partition coefficient (Wildman–Crippen LogP) is 2.66. The second-order valence-corrected chi connectivity index (χ2v) is 13.5. The number of nitrogens with one attached hydrogen (secondary N) is 3. The summed E-state index contributed by atoms with van der Waals surface area (Å²) in [6.07, 6.45) is 8.29. The molecule has 1 saturated carbocycles. The number of hydrogen-bond acceptors (Lipinski definition) is 11. The predicted molar refractivity (Wildman–Crippen MR) is 188 cm³/mol. The van der Waals surface area contributed by atoms with E-state index in [1.165, 1.54) is 0 Å². The van der Waals surface area contributed by atoms with Crippen LogP contribution in [-0.2, 0) is 4.79 Å². The Morgan fingerprint density at radius 1 is 1.12 bits per heavy atom. The van der Waals surface area contributed by atoms with Crippen LogP contribution in [0, 0.1) is 5.92 Å². The summed E-state index contributed by atoms with van der Waals surface area (Å²) in [5.41, 5.74) is 11.7. The van der Waals surface area contributed by atoms with Crippen molar-refractivity contribution in [2.75, 3.05) is 36.4 Å². The molecule has 49 heavy (non-hydrogen) atoms. The number of aliphatic hydroxyl groups excluding tert-OH is 1. The van der Waals surface area contributed by atoms with E-state index in [4.69, 9.17) is 15.7 Å². The summed E-state index contributed by atoms with van der Waals surface area (Å²) in [4.78, 5) is 55.4. The summed E-state index contributed by atoms with van der Waals surface area (Å²) in [5, 5.41) is 19.6. The minimum absolute atomic E-state index is 0.153. The van der Waals surface area contributed by atoms with E-state index in [1.807, 2.05) is 12.3 Å². The summed E-state index contributed by atoms with van der Waals surface area (Å²) >= 11 is 0. The van der Waals surface area contributed by atoms with Crippen molar-refractivity contribution in [2.24, 2.45) is 16.6 Å². The van der Waals surface area contributed by atoms with Gasteiger partial charge in [0.1, 0.15) is 6.23 Å². The number of anilines is 2. The molecular weight excluding hydrogens is 622 g/mol. The number of aliphatic hydroxyl groups is 1. The number of piperazine rings is 1. The fraction of sp³-hybridized carbons (Fsp3) is 0.444. The average molecular weight is 666 g/mol. The molecule has 3 amide bonds. The lowest BCUT2D eigenvalue weighted by molar-refractivity contribution is -0.129. The van der Waals surface area contributed by atoms with Gasteiger partial charge in [-0.2, -0.15) is 0 Å². The van der Waals surface area contributed by atoms with E-state index < -0.39 is 24.1 Å². The maximum Gasteiger partial charge on any atom is 0.262 e. The Labute approximate surface area is 285 Å². The van der Waals surface area contributed by atoms with E-state index in [2.05, 4.69) is 44.9 Å². The van der Waals surface area contributed by atoms with Gasteiger partial charge in [-0.1, -0.05) is 0 Å². The lowest BCUT2D eigenvalue weighted by Crippen LogP contribution is -2.57. The highest BCUT2D eigenvalue weighted by molar-refractivity contribution is 6.22. The van der Waals surface area contributed by atoms with Crippen LogP contribution >= 0.6 is 0 Å². The van der Waals surface area contributed by atoms with Gasteiger partial charge in [0.25, 0.3) is 11.8 Å². The summed E-state index contributed by atoms with van der Waals surface area (Å²) in [7, 11) is 0. The van der Waals surface area contributed by atoms with Gasteiger partial charge in [0.05, 0.1) is 46.1 Å². The number of fused-ring (bicyclic) bond motifs is 2. The zero-order chi connectivity index (χ0) is 34.1. The SMILES string of the molecule is CC1CN(c2ccc3ncc(C(C=NC4CC(CCCNc5ccc6c(c5)C(=O)N(C5CCC(=O)NC5O)C6=O)C4)=CN)nc3c2)CCN1. The average Bonchev–Trinajstić information content (AvgIpc) is 3.32. The van der Waals surface area contributed by atoms with E-state index in [0.717, 1.165) is 84.7 Å². The highest BCUT2D eigenvalue weighted by Gasteiger charge is 2.44. The third-order valence-corrected chi connectivity index (χ3v) is 10.1. The number of piperidine rings is 1. The molecule has 3 aliphatic heterocycles. The first-order valence-corrected chi connectivity index (χ1v) is 17.2. The van der Waals surface area contributed by atoms with Crippen molar-refractivity contribution in [3.63, 3.8) is 0 Å². The molecule has 3 unspecified atom stereocenters. The van der Waals surface area contributed by atoms with Gasteiger partial charge in [-0.05, 0) is 81.3 Å². The van der Waals surface area contributed by atoms with Crippen molar-refractivity contribution in [3.05, 3.63) is 65.6 Å². The maximum atomic E-state index is 13.1. The molecule has 3 atom stereocenters. The Hall–Kier alpha value is -4.88. The van der Waals surface area contributed by atoms with Crippen molar-refractivity contribution in [1.82, 2.24) is 25.5 Å². The standard InChI is InChI=1S/C36H43N9O4/c1-21-20-44(12-11-38-21)26-5-7-29-30(16-26)42-31(19-41-29)23(17-37)18-40-25-13-22(14-25)3-2-10-39-24-4-6-27-28(15-24)36(49)45(35(27)48)32-8-9-33(46)43-34(32)47/h4-7,15-19,21-22,25,32,34,38-39,47H,2-3,8-14,20,37H2,1H3,(H,43,46). The first kappa shape index (κ1) is 32.7. The van der Waals surface area contributed by atoms with Gasteiger partial charge in [0.15, 0.2) is 0 Å². The quantitative estimate of drug-likeness (QED) is 0.123. The van der Waals surface area contributed by atoms with E-state index in [9.17, 15) is 19.5 Å². The van der Waals surface area contributed by atoms with E-state index >= 15 is 0 Å². The van der Waals surface area contributed by atoms with Crippen molar-refractivity contribution in [3.8, 4) is 0 Å². The molecule has 4 heterocycles. The first-order chi connectivity index (χ1) is 23.8. The highest BCUT2D eigenvalue weighted by atomic mass is 16.3. The molecule has 13 nitrogen and oxygen atoms in total. The minimum Gasteiger partial charge on any atom is -0.404 e. The molecule has 3 aromatic rings. The van der Waals surface area contributed by atoms with Crippen LogP contribution in [0.1, 0.15) is 71.9 Å². The van der Waals surface area contributed by atoms with E-state index in [-0.39, 0.29) is 24.8 Å². The Morgan fingerprint density at radius 3 is 2.76 bits per heavy atom. The molecule has 0 radical (unpaired) electrons. The van der Waals surface area contributed by atoms with Crippen LogP contribution in [0.3, 0.4) is 0 Å². The lowest BCUT2D eigenvalue weighted by atomic mass is 9.78. The molecule has 7 rings (SSSR count). The number of imide groups is 1. The molecule has 4 aliphatic rings. The number of carbonyl (C=O) groups is 3. The number of aromatic nitrogens is 2. The third-order valence-electron chi connectivity index (χ3n) is 10.1. The van der Waals surface area contributed by atoms with Crippen molar-refractivity contribution < 1.29 is 19.5 Å². The van der Waals surface area contributed by atoms with E-state index in [1.54, 1.807) is 30.6 Å². The zero-order valence-corrected chi connectivity index (χ0v) is 27.6. The fourth-order valence-corrected chi connectivity index (χ4v) is 7.28. The third kappa shape index (κ3) is 6.86. The van der Waals surface area contributed by atoms with Crippen LogP contribution in [0.4, 0.5) is 11.4 Å². The molecule has 1 aromatic heterocycles. The molecule has 6 N–H and O–H groups in total. The molecular formula is C36H43N9O4. The Bertz CT molecular complexity index is 1820. The topological polar surface area (TPSA) is 178 Å². The fourth-order valence-electron chi connectivity index (χ4n) is 7.28. The smallest absolute Gasteiger partial charge is 0.262 e. The number of aliphatic imine (C=N–C) groups is 1. The van der Waals surface area contributed by atoms with Crippen LogP contribution in [-0.4, -0.2) is 94.4 Å². The number of carbonyl (C=O) groups excluding carboxylic acids is 3. The Morgan fingerprint density at radius 2 is 1.96 bits per heavy atom. The molecule has 1 aliphatic carbocycles. The minimum atomic E-state index is -1.27. The molecule has 13 heteroatoms. The largest absolute Gasteiger partial charge is 0.404 e. The van der Waals surface area contributed by atoms with Gasteiger partial charge in [0.2, 0.25) is 5.91 Å². The number of hydrogen-bond donors (Lipinski definition) is 5. The Balaban J connectivity index is 0.872. The number of amides is 3. The van der Waals surface area contributed by atoms with Gasteiger partial charge in [0, 0.05) is 68.0 Å². The highest BCUT2D eigenvalue weighted by Crippen LogP contribution is 2.34. The molecule has 3 fully saturated rings. The summed E-state index contributed by atoms with van der Waals surface area (Å²) in [6, 6.07) is 11.3. The number of allylic oxidation sites excluding steroid dienone is 1. The zero-order valence-electron chi connectivity index (χ0n) is 27.6. The monoisotopic (exact) mass is 665 g/mol. The van der Waals surface area contributed by atoms with Gasteiger partial charge >= 0.3 is 0 Å². The summed E-state index contributed by atoms with van der Waals surface area (Å²) in [6.45, 7) is 5.80. The van der Waals surface area contributed by atoms with Crippen molar-refractivity contribution >= 4 is 51.9 Å². The van der Waals surface area contributed by atoms with Crippen LogP contribution < -0.4 is 26.6 Å². The van der Waals surface area contributed by atoms with E-state index in [0.29, 0.717) is 28.8 Å². The summed E-state index contributed by atoms with van der Waals surface area (Å²) < 4.78 is 0. The number of benzene rings is 2. The molecule has 0 bridgehead atoms. The normalized spacial score (nSPS) is 25.9. The molecule has 256 valence electrons. The first-order valence-electron chi connectivity index (χ1n) is 17.2. The number of nitrogens with zero attached hydrogens (tertiary/aromatic N) is 5. The summed E-state index contributed by atoms with van der Waals surface area (Å²) in [5.74, 6) is -0.587.